The lowest BCUT2D eigenvalue weighted by atomic mass is 9.94. The fourth-order valence-electron chi connectivity index (χ4n) is 1.95. The Kier molecular flexibility index (Phi) is 6.97. The van der Waals surface area contributed by atoms with Gasteiger partial charge in [-0.05, 0) is 6.42 Å². The first-order chi connectivity index (χ1) is 10.0. The van der Waals surface area contributed by atoms with Crippen LogP contribution in [0.1, 0.15) is 25.7 Å². The highest BCUT2D eigenvalue weighted by molar-refractivity contribution is 6.21. The largest absolute Gasteiger partial charge is 0.469 e. The van der Waals surface area contributed by atoms with Gasteiger partial charge in [-0.3, -0.25) is 19.2 Å². The maximum Gasteiger partial charge on any atom is 0.325 e. The van der Waals surface area contributed by atoms with E-state index in [1.165, 1.54) is 14.2 Å². The molecule has 0 bridgehead atoms. The molecule has 8 nitrogen and oxygen atoms in total. The molecule has 0 N–H and O–H groups in total. The third-order valence-corrected chi connectivity index (χ3v) is 3.03. The fraction of sp³-hybridized carbons (Fsp3) is 0.692. The van der Waals surface area contributed by atoms with Crippen LogP contribution >= 0.6 is 0 Å². The third-order valence-electron chi connectivity index (χ3n) is 3.03. The van der Waals surface area contributed by atoms with Gasteiger partial charge in [-0.1, -0.05) is 0 Å². The molecule has 0 aromatic carbocycles. The highest BCUT2D eigenvalue weighted by atomic mass is 17.2. The van der Waals surface area contributed by atoms with E-state index in [1.54, 1.807) is 0 Å². The average molecular weight is 302 g/mol. The number of carbonyl (C=O) groups excluding carboxylic acids is 4. The molecule has 0 aromatic rings. The van der Waals surface area contributed by atoms with E-state index >= 15 is 0 Å². The summed E-state index contributed by atoms with van der Waals surface area (Å²) in [5.41, 5.74) is 0. The molecule has 2 unspecified atom stereocenters. The number of Topliss-reactive ketones (excluding diaryl/α,β-unsaturated/α-hetero) is 2. The summed E-state index contributed by atoms with van der Waals surface area (Å²) in [6.45, 7) is 0.0729. The molecule has 2 atom stereocenters. The molecule has 1 fully saturated rings. The molecule has 0 saturated carbocycles. The van der Waals surface area contributed by atoms with E-state index in [1.807, 2.05) is 0 Å². The van der Waals surface area contributed by atoms with E-state index < -0.39 is 35.5 Å². The summed E-state index contributed by atoms with van der Waals surface area (Å²) in [5, 5.41) is 0. The molecule has 0 aromatic heterocycles. The van der Waals surface area contributed by atoms with Crippen molar-refractivity contribution < 1.29 is 38.4 Å². The number of ketones is 2. The standard InChI is InChI=1S/C13H18O8/c1-18-10(15)5-3-4-8(14)11-12(16)9(21-13(11)17)6-7-20-19-2/h9,11H,3-7H2,1-2H3. The average Bonchev–Trinajstić information content (AvgIpc) is 2.73. The van der Waals surface area contributed by atoms with E-state index in [2.05, 4.69) is 14.5 Å². The summed E-state index contributed by atoms with van der Waals surface area (Å²) >= 11 is 0. The highest BCUT2D eigenvalue weighted by Crippen LogP contribution is 2.22. The van der Waals surface area contributed by atoms with Crippen molar-refractivity contribution in [3.8, 4) is 0 Å². The topological polar surface area (TPSA) is 105 Å². The number of methoxy groups -OCH3 is 1. The molecular weight excluding hydrogens is 284 g/mol. The maximum absolute atomic E-state index is 12.0. The molecule has 1 aliphatic heterocycles. The van der Waals surface area contributed by atoms with E-state index in [-0.39, 0.29) is 32.3 Å². The summed E-state index contributed by atoms with van der Waals surface area (Å²) in [5.74, 6) is -3.79. The van der Waals surface area contributed by atoms with Gasteiger partial charge in [0.1, 0.15) is 0 Å². The van der Waals surface area contributed by atoms with Crippen molar-refractivity contribution in [2.45, 2.75) is 31.8 Å². The summed E-state index contributed by atoms with van der Waals surface area (Å²) in [4.78, 5) is 55.3. The van der Waals surface area contributed by atoms with Gasteiger partial charge >= 0.3 is 11.9 Å². The van der Waals surface area contributed by atoms with Crippen molar-refractivity contribution in [3.63, 3.8) is 0 Å². The molecule has 8 heteroatoms. The number of hydrogen-bond acceptors (Lipinski definition) is 8. The van der Waals surface area contributed by atoms with Crippen molar-refractivity contribution in [2.75, 3.05) is 20.8 Å². The van der Waals surface area contributed by atoms with Gasteiger partial charge in [0, 0.05) is 19.3 Å². The van der Waals surface area contributed by atoms with E-state index in [0.29, 0.717) is 0 Å². The molecule has 1 aliphatic rings. The molecule has 1 heterocycles. The molecular formula is C13H18O8. The summed E-state index contributed by atoms with van der Waals surface area (Å²) < 4.78 is 9.30. The molecule has 118 valence electrons. The Bertz CT molecular complexity index is 416. The van der Waals surface area contributed by atoms with Crippen LogP contribution in [0.3, 0.4) is 0 Å². The van der Waals surface area contributed by atoms with Gasteiger partial charge in [0.25, 0.3) is 0 Å². The summed E-state index contributed by atoms with van der Waals surface area (Å²) in [7, 11) is 2.56. The van der Waals surface area contributed by atoms with E-state index in [4.69, 9.17) is 4.74 Å². The number of carbonyl (C=O) groups is 4. The van der Waals surface area contributed by atoms with Gasteiger partial charge in [-0.15, -0.1) is 0 Å². The van der Waals surface area contributed by atoms with Gasteiger partial charge < -0.3 is 9.47 Å². The van der Waals surface area contributed by atoms with Gasteiger partial charge in [0.2, 0.25) is 0 Å². The summed E-state index contributed by atoms with van der Waals surface area (Å²) in [6, 6.07) is 0. The van der Waals surface area contributed by atoms with Gasteiger partial charge in [0.15, 0.2) is 23.6 Å². The van der Waals surface area contributed by atoms with Crippen LogP contribution in [0.5, 0.6) is 0 Å². The minimum atomic E-state index is -1.39. The Morgan fingerprint density at radius 3 is 2.52 bits per heavy atom. The van der Waals surface area contributed by atoms with Crippen molar-refractivity contribution >= 4 is 23.5 Å². The Hall–Kier alpha value is -1.80. The van der Waals surface area contributed by atoms with Crippen LogP contribution in [-0.4, -0.2) is 50.4 Å². The second kappa shape index (κ2) is 8.48. The van der Waals surface area contributed by atoms with E-state index in [0.717, 1.165) is 0 Å². The monoisotopic (exact) mass is 302 g/mol. The zero-order valence-corrected chi connectivity index (χ0v) is 12.0. The van der Waals surface area contributed by atoms with Crippen LogP contribution in [0.4, 0.5) is 0 Å². The lowest BCUT2D eigenvalue weighted by Gasteiger charge is -2.06. The van der Waals surface area contributed by atoms with Crippen LogP contribution in [-0.2, 0) is 38.4 Å². The predicted octanol–water partition coefficient (Wildman–Crippen LogP) is -0.0224. The SMILES string of the molecule is COOCCC1OC(=O)C(C(=O)CCCC(=O)OC)C1=O. The Balaban J connectivity index is 2.46. The maximum atomic E-state index is 12.0. The minimum Gasteiger partial charge on any atom is -0.469 e. The normalized spacial score (nSPS) is 21.2. The van der Waals surface area contributed by atoms with Crippen LogP contribution in [0, 0.1) is 5.92 Å². The summed E-state index contributed by atoms with van der Waals surface area (Å²) in [6.07, 6.45) is -0.627. The number of rotatable bonds is 9. The van der Waals surface area contributed by atoms with Gasteiger partial charge in [-0.25, -0.2) is 9.78 Å². The Labute approximate surface area is 121 Å². The first-order valence-electron chi connectivity index (χ1n) is 6.50. The number of cyclic esters (lactones) is 1. The molecule has 0 amide bonds. The Morgan fingerprint density at radius 1 is 1.19 bits per heavy atom. The quantitative estimate of drug-likeness (QED) is 0.192. The van der Waals surface area contributed by atoms with E-state index in [9.17, 15) is 19.2 Å². The second-order valence-corrected chi connectivity index (χ2v) is 4.43. The van der Waals surface area contributed by atoms with Crippen LogP contribution in [0.25, 0.3) is 0 Å². The van der Waals surface area contributed by atoms with Crippen LogP contribution < -0.4 is 0 Å². The zero-order valence-electron chi connectivity index (χ0n) is 12.0. The van der Waals surface area contributed by atoms with Gasteiger partial charge in [-0.2, -0.15) is 0 Å². The second-order valence-electron chi connectivity index (χ2n) is 4.43. The fourth-order valence-corrected chi connectivity index (χ4v) is 1.95. The highest BCUT2D eigenvalue weighted by Gasteiger charge is 2.46. The van der Waals surface area contributed by atoms with Crippen molar-refractivity contribution in [1.82, 2.24) is 0 Å². The third kappa shape index (κ3) is 4.91. The molecule has 0 spiro atoms. The van der Waals surface area contributed by atoms with Gasteiger partial charge in [0.05, 0.1) is 20.8 Å². The Morgan fingerprint density at radius 2 is 1.90 bits per heavy atom. The molecule has 21 heavy (non-hydrogen) atoms. The van der Waals surface area contributed by atoms with Crippen molar-refractivity contribution in [3.05, 3.63) is 0 Å². The minimum absolute atomic E-state index is 0.0537. The lowest BCUT2D eigenvalue weighted by Crippen LogP contribution is -2.28. The molecule has 1 saturated heterocycles. The molecule has 0 aliphatic carbocycles. The number of hydrogen-bond donors (Lipinski definition) is 0. The van der Waals surface area contributed by atoms with Crippen molar-refractivity contribution in [1.29, 1.82) is 0 Å². The first kappa shape index (κ1) is 17.3. The number of ether oxygens (including phenoxy) is 2. The number of esters is 2. The molecule has 0 radical (unpaired) electrons. The zero-order chi connectivity index (χ0) is 15.8. The molecule has 1 rings (SSSR count). The van der Waals surface area contributed by atoms with Crippen molar-refractivity contribution in [2.24, 2.45) is 5.92 Å². The first-order valence-corrected chi connectivity index (χ1v) is 6.50. The van der Waals surface area contributed by atoms with Crippen LogP contribution in [0.15, 0.2) is 0 Å². The predicted molar refractivity (Wildman–Crippen MR) is 66.8 cm³/mol. The smallest absolute Gasteiger partial charge is 0.325 e. The van der Waals surface area contributed by atoms with Crippen LogP contribution in [0.2, 0.25) is 0 Å². The lowest BCUT2D eigenvalue weighted by molar-refractivity contribution is -0.274.